The third-order valence-electron chi connectivity index (χ3n) is 5.91. The Morgan fingerprint density at radius 3 is 1.43 bits per heavy atom. The van der Waals surface area contributed by atoms with Crippen molar-refractivity contribution in [3.05, 3.63) is 71.8 Å². The molecule has 1 saturated carbocycles. The third-order valence-corrected chi connectivity index (χ3v) is 5.91. The Balaban J connectivity index is 0.00000192. The molecule has 0 aliphatic heterocycles. The smallest absolute Gasteiger partial charge is 0.0204 e. The van der Waals surface area contributed by atoms with Gasteiger partial charge in [0.25, 0.3) is 0 Å². The van der Waals surface area contributed by atoms with E-state index in [2.05, 4.69) is 86.6 Å². The van der Waals surface area contributed by atoms with Gasteiger partial charge in [-0.25, -0.2) is 0 Å². The van der Waals surface area contributed by atoms with Gasteiger partial charge >= 0.3 is 0 Å². The Morgan fingerprint density at radius 2 is 1.09 bits per heavy atom. The van der Waals surface area contributed by atoms with Crippen LogP contribution in [-0.2, 0) is 5.41 Å². The normalized spacial score (nSPS) is 19.1. The molecular weight excluding hydrogens is 302 g/mol. The van der Waals surface area contributed by atoms with Crippen LogP contribution in [-0.4, -0.2) is 24.5 Å². The molecule has 2 aromatic carbocycles. The van der Waals surface area contributed by atoms with Gasteiger partial charge in [-0.2, -0.15) is 0 Å². The molecule has 1 aliphatic carbocycles. The van der Waals surface area contributed by atoms with Crippen molar-refractivity contribution in [1.29, 1.82) is 0 Å². The molecule has 1 fully saturated rings. The lowest BCUT2D eigenvalue weighted by molar-refractivity contribution is 0.0945. The van der Waals surface area contributed by atoms with Gasteiger partial charge in [0.05, 0.1) is 0 Å². The monoisotopic (exact) mass is 329 g/mol. The summed E-state index contributed by atoms with van der Waals surface area (Å²) < 4.78 is 0. The first-order valence-electron chi connectivity index (χ1n) is 8.35. The van der Waals surface area contributed by atoms with Crippen molar-refractivity contribution < 1.29 is 0 Å². The fourth-order valence-corrected chi connectivity index (χ4v) is 3.92. The summed E-state index contributed by atoms with van der Waals surface area (Å²) in [7, 11) is 4.44. The van der Waals surface area contributed by atoms with E-state index in [4.69, 9.17) is 0 Å². The Bertz CT molecular complexity index is 557. The molecule has 0 spiro atoms. The molecule has 0 unspecified atom stereocenters. The molecule has 0 N–H and O–H groups in total. The van der Waals surface area contributed by atoms with Crippen LogP contribution in [0.15, 0.2) is 60.7 Å². The second kappa shape index (κ2) is 7.07. The van der Waals surface area contributed by atoms with E-state index in [1.165, 1.54) is 36.8 Å². The van der Waals surface area contributed by atoms with Crippen LogP contribution in [0.25, 0.3) is 0 Å². The fraction of sp³-hybridized carbons (Fsp3) is 0.429. The van der Waals surface area contributed by atoms with E-state index in [1.807, 2.05) is 0 Å². The van der Waals surface area contributed by atoms with Gasteiger partial charge in [-0.15, -0.1) is 12.4 Å². The summed E-state index contributed by atoms with van der Waals surface area (Å²) in [5.41, 5.74) is 3.45. The first-order chi connectivity index (χ1) is 10.6. The van der Waals surface area contributed by atoms with E-state index in [9.17, 15) is 0 Å². The number of halogens is 1. The highest BCUT2D eigenvalue weighted by Gasteiger charge is 2.43. The molecule has 1 aliphatic rings. The molecule has 2 aromatic rings. The topological polar surface area (TPSA) is 3.24 Å². The van der Waals surface area contributed by atoms with Crippen LogP contribution in [0.5, 0.6) is 0 Å². The molecule has 0 aromatic heterocycles. The first kappa shape index (κ1) is 18.0. The number of nitrogens with zero attached hydrogens (tertiary/aromatic N) is 1. The van der Waals surface area contributed by atoms with E-state index in [-0.39, 0.29) is 17.8 Å². The maximum atomic E-state index is 2.41. The predicted octanol–water partition coefficient (Wildman–Crippen LogP) is 5.29. The average molecular weight is 330 g/mol. The molecule has 0 heterocycles. The molecule has 0 atom stereocenters. The molecule has 23 heavy (non-hydrogen) atoms. The zero-order valence-electron chi connectivity index (χ0n) is 14.5. The molecule has 0 amide bonds. The van der Waals surface area contributed by atoms with Crippen molar-refractivity contribution in [2.24, 2.45) is 0 Å². The van der Waals surface area contributed by atoms with Gasteiger partial charge in [0.2, 0.25) is 0 Å². The number of hydrogen-bond acceptors (Lipinski definition) is 1. The van der Waals surface area contributed by atoms with E-state index in [0.29, 0.717) is 5.54 Å². The Labute approximate surface area is 147 Å². The van der Waals surface area contributed by atoms with Crippen LogP contribution < -0.4 is 0 Å². The highest BCUT2D eigenvalue weighted by molar-refractivity contribution is 5.85. The minimum absolute atomic E-state index is 0. The maximum Gasteiger partial charge on any atom is 0.0204 e. The summed E-state index contributed by atoms with van der Waals surface area (Å²) >= 11 is 0. The van der Waals surface area contributed by atoms with Crippen LogP contribution in [0.2, 0.25) is 0 Å². The Morgan fingerprint density at radius 1 is 0.696 bits per heavy atom. The highest BCUT2D eigenvalue weighted by atomic mass is 35.5. The molecule has 0 radical (unpaired) electrons. The van der Waals surface area contributed by atoms with Gasteiger partial charge in [-0.3, -0.25) is 0 Å². The van der Waals surface area contributed by atoms with Crippen molar-refractivity contribution in [3.63, 3.8) is 0 Å². The number of benzene rings is 2. The van der Waals surface area contributed by atoms with Crippen molar-refractivity contribution in [2.45, 2.75) is 43.6 Å². The van der Waals surface area contributed by atoms with Crippen LogP contribution in [0.3, 0.4) is 0 Å². The summed E-state index contributed by atoms with van der Waals surface area (Å²) in [4.78, 5) is 2.41. The SMILES string of the molecule is CN(C)C1(C)CCC(c2ccccc2)(c2ccccc2)CC1.Cl. The molecule has 1 nitrogen and oxygen atoms in total. The zero-order chi connectivity index (χ0) is 15.6. The standard InChI is InChI=1S/C21H27N.ClH/c1-20(22(2)3)14-16-21(17-15-20,18-10-6-4-7-11-18)19-12-8-5-9-13-19;/h4-13H,14-17H2,1-3H3;1H. The molecule has 2 heteroatoms. The average Bonchev–Trinajstić information content (AvgIpc) is 2.57. The number of hydrogen-bond donors (Lipinski definition) is 0. The van der Waals surface area contributed by atoms with Gasteiger partial charge < -0.3 is 4.90 Å². The fourth-order valence-electron chi connectivity index (χ4n) is 3.92. The van der Waals surface area contributed by atoms with Crippen molar-refractivity contribution in [3.8, 4) is 0 Å². The van der Waals surface area contributed by atoms with E-state index >= 15 is 0 Å². The lowest BCUT2D eigenvalue weighted by Gasteiger charge is -2.48. The van der Waals surface area contributed by atoms with E-state index in [1.54, 1.807) is 0 Å². The molecule has 0 bridgehead atoms. The minimum atomic E-state index is 0. The van der Waals surface area contributed by atoms with Gasteiger partial charge in [0, 0.05) is 11.0 Å². The van der Waals surface area contributed by atoms with Gasteiger partial charge in [0.15, 0.2) is 0 Å². The van der Waals surface area contributed by atoms with Crippen LogP contribution >= 0.6 is 12.4 Å². The lowest BCUT2D eigenvalue weighted by Crippen LogP contribution is -2.48. The summed E-state index contributed by atoms with van der Waals surface area (Å²) in [5, 5.41) is 0. The lowest BCUT2D eigenvalue weighted by atomic mass is 9.61. The summed E-state index contributed by atoms with van der Waals surface area (Å²) in [6, 6.07) is 22.2. The number of rotatable bonds is 3. The van der Waals surface area contributed by atoms with Gasteiger partial charge in [-0.05, 0) is 57.8 Å². The minimum Gasteiger partial charge on any atom is -0.304 e. The van der Waals surface area contributed by atoms with Crippen LogP contribution in [0, 0.1) is 0 Å². The molecule has 0 saturated heterocycles. The second-order valence-electron chi connectivity index (χ2n) is 7.21. The third kappa shape index (κ3) is 3.32. The largest absolute Gasteiger partial charge is 0.304 e. The molecular formula is C21H28ClN. The molecule has 124 valence electrons. The van der Waals surface area contributed by atoms with Crippen molar-refractivity contribution in [2.75, 3.05) is 14.1 Å². The maximum absolute atomic E-state index is 2.41. The van der Waals surface area contributed by atoms with Crippen molar-refractivity contribution >= 4 is 12.4 Å². The highest BCUT2D eigenvalue weighted by Crippen LogP contribution is 2.48. The van der Waals surface area contributed by atoms with Crippen molar-refractivity contribution in [1.82, 2.24) is 4.90 Å². The van der Waals surface area contributed by atoms with Crippen LogP contribution in [0.4, 0.5) is 0 Å². The van der Waals surface area contributed by atoms with E-state index in [0.717, 1.165) is 0 Å². The van der Waals surface area contributed by atoms with E-state index < -0.39 is 0 Å². The zero-order valence-corrected chi connectivity index (χ0v) is 15.3. The second-order valence-corrected chi connectivity index (χ2v) is 7.21. The predicted molar refractivity (Wildman–Crippen MR) is 101 cm³/mol. The summed E-state index contributed by atoms with van der Waals surface area (Å²) in [6.45, 7) is 2.41. The Kier molecular flexibility index (Phi) is 5.54. The van der Waals surface area contributed by atoms with Gasteiger partial charge in [-0.1, -0.05) is 60.7 Å². The Hall–Kier alpha value is -1.31. The summed E-state index contributed by atoms with van der Waals surface area (Å²) in [6.07, 6.45) is 4.92. The summed E-state index contributed by atoms with van der Waals surface area (Å²) in [5.74, 6) is 0. The quantitative estimate of drug-likeness (QED) is 0.739. The first-order valence-corrected chi connectivity index (χ1v) is 8.35. The molecule has 3 rings (SSSR count). The van der Waals surface area contributed by atoms with Gasteiger partial charge in [0.1, 0.15) is 0 Å². The van der Waals surface area contributed by atoms with Crippen LogP contribution in [0.1, 0.15) is 43.7 Å².